The van der Waals surface area contributed by atoms with Gasteiger partial charge in [0.15, 0.2) is 0 Å². The van der Waals surface area contributed by atoms with Crippen LogP contribution in [0.2, 0.25) is 0 Å². The lowest BCUT2D eigenvalue weighted by Crippen LogP contribution is -2.28. The first-order chi connectivity index (χ1) is 12.0. The number of hydrogen-bond acceptors (Lipinski definition) is 6. The van der Waals surface area contributed by atoms with E-state index in [4.69, 9.17) is 23.7 Å². The van der Waals surface area contributed by atoms with E-state index in [-0.39, 0.29) is 12.0 Å². The van der Waals surface area contributed by atoms with Gasteiger partial charge in [0, 0.05) is 19.6 Å². The summed E-state index contributed by atoms with van der Waals surface area (Å²) >= 11 is 0. The number of amides is 1. The Morgan fingerprint density at radius 3 is 1.88 bits per heavy atom. The van der Waals surface area contributed by atoms with Gasteiger partial charge in [-0.1, -0.05) is 13.8 Å². The molecule has 0 radical (unpaired) electrons. The molecule has 0 aromatic heterocycles. The first kappa shape index (κ1) is 24.3. The molecule has 0 aromatic carbocycles. The van der Waals surface area contributed by atoms with Gasteiger partial charge in [0.2, 0.25) is 5.91 Å². The lowest BCUT2D eigenvalue weighted by atomic mass is 10.2. The van der Waals surface area contributed by atoms with E-state index in [1.807, 2.05) is 13.8 Å². The summed E-state index contributed by atoms with van der Waals surface area (Å²) in [4.78, 5) is 11.5. The molecule has 0 saturated carbocycles. The number of rotatable bonds is 18. The molecule has 0 atom stereocenters. The maximum Gasteiger partial charge on any atom is 0.222 e. The highest BCUT2D eigenvalue weighted by Gasteiger charge is 2.01. The summed E-state index contributed by atoms with van der Waals surface area (Å²) in [6.45, 7) is 13.6. The monoisotopic (exact) mass is 363 g/mol. The summed E-state index contributed by atoms with van der Waals surface area (Å²) in [7, 11) is 0. The van der Waals surface area contributed by atoms with E-state index in [0.29, 0.717) is 78.3 Å². The highest BCUT2D eigenvalue weighted by Crippen LogP contribution is 1.93. The van der Waals surface area contributed by atoms with Crippen LogP contribution in [0.4, 0.5) is 0 Å². The third-order valence-electron chi connectivity index (χ3n) is 2.92. The van der Waals surface area contributed by atoms with Crippen molar-refractivity contribution >= 4 is 5.91 Å². The first-order valence-corrected chi connectivity index (χ1v) is 9.21. The van der Waals surface area contributed by atoms with Crippen LogP contribution in [0.1, 0.15) is 34.1 Å². The van der Waals surface area contributed by atoms with Gasteiger partial charge in [-0.3, -0.25) is 4.79 Å². The number of carbonyl (C=O) groups is 1. The molecular formula is C18H37NO6. The van der Waals surface area contributed by atoms with Gasteiger partial charge in [-0.15, -0.1) is 0 Å². The predicted octanol–water partition coefficient (Wildman–Crippen LogP) is 1.64. The van der Waals surface area contributed by atoms with Gasteiger partial charge in [0.1, 0.15) is 0 Å². The van der Waals surface area contributed by atoms with Crippen molar-refractivity contribution in [2.24, 2.45) is 5.92 Å². The zero-order valence-corrected chi connectivity index (χ0v) is 16.4. The highest BCUT2D eigenvalue weighted by molar-refractivity contribution is 5.75. The number of carbonyl (C=O) groups excluding carboxylic acids is 1. The van der Waals surface area contributed by atoms with E-state index >= 15 is 0 Å². The topological polar surface area (TPSA) is 75.3 Å². The van der Waals surface area contributed by atoms with Gasteiger partial charge < -0.3 is 29.0 Å². The molecule has 0 unspecified atom stereocenters. The molecule has 7 nitrogen and oxygen atoms in total. The average Bonchev–Trinajstić information content (AvgIpc) is 2.55. The maximum atomic E-state index is 11.5. The molecule has 0 bridgehead atoms. The fourth-order valence-electron chi connectivity index (χ4n) is 1.72. The molecule has 0 heterocycles. The molecule has 0 saturated heterocycles. The molecule has 1 N–H and O–H groups in total. The van der Waals surface area contributed by atoms with Gasteiger partial charge in [-0.05, 0) is 19.8 Å². The van der Waals surface area contributed by atoms with Crippen LogP contribution in [0.3, 0.4) is 0 Å². The molecule has 0 aliphatic carbocycles. The average molecular weight is 363 g/mol. The molecular weight excluding hydrogens is 326 g/mol. The zero-order chi connectivity index (χ0) is 18.8. The summed E-state index contributed by atoms with van der Waals surface area (Å²) < 4.78 is 26.8. The molecule has 0 spiro atoms. The minimum Gasteiger partial charge on any atom is -0.381 e. The van der Waals surface area contributed by atoms with E-state index in [1.54, 1.807) is 0 Å². The Morgan fingerprint density at radius 1 is 0.760 bits per heavy atom. The van der Waals surface area contributed by atoms with Crippen LogP contribution < -0.4 is 5.32 Å². The second-order valence-corrected chi connectivity index (χ2v) is 6.33. The van der Waals surface area contributed by atoms with E-state index in [1.165, 1.54) is 0 Å². The highest BCUT2D eigenvalue weighted by atomic mass is 16.6. The van der Waals surface area contributed by atoms with Crippen molar-refractivity contribution in [3.8, 4) is 0 Å². The zero-order valence-electron chi connectivity index (χ0n) is 16.4. The summed E-state index contributed by atoms with van der Waals surface area (Å²) in [6, 6.07) is 0. The molecule has 1 amide bonds. The van der Waals surface area contributed by atoms with Crippen molar-refractivity contribution < 1.29 is 28.5 Å². The largest absolute Gasteiger partial charge is 0.381 e. The lowest BCUT2D eigenvalue weighted by molar-refractivity contribution is -0.122. The van der Waals surface area contributed by atoms with E-state index in [0.717, 1.165) is 0 Å². The Morgan fingerprint density at radius 2 is 1.32 bits per heavy atom. The Labute approximate surface area is 152 Å². The maximum absolute atomic E-state index is 11.5. The number of ether oxygens (including phenoxy) is 5. The number of nitrogens with one attached hydrogen (secondary N) is 1. The summed E-state index contributed by atoms with van der Waals surface area (Å²) in [5, 5.41) is 2.79. The van der Waals surface area contributed by atoms with Crippen LogP contribution in [0.25, 0.3) is 0 Å². The van der Waals surface area contributed by atoms with Crippen LogP contribution in [-0.2, 0) is 28.5 Å². The van der Waals surface area contributed by atoms with Gasteiger partial charge in [0.25, 0.3) is 0 Å². The lowest BCUT2D eigenvalue weighted by Gasteiger charge is -2.09. The predicted molar refractivity (Wildman–Crippen MR) is 96.8 cm³/mol. The van der Waals surface area contributed by atoms with Gasteiger partial charge in [-0.25, -0.2) is 0 Å². The van der Waals surface area contributed by atoms with Crippen molar-refractivity contribution in [2.75, 3.05) is 66.0 Å². The molecule has 25 heavy (non-hydrogen) atoms. The van der Waals surface area contributed by atoms with Gasteiger partial charge in [0.05, 0.1) is 59.0 Å². The van der Waals surface area contributed by atoms with Crippen molar-refractivity contribution in [3.05, 3.63) is 0 Å². The fraction of sp³-hybridized carbons (Fsp3) is 0.944. The van der Waals surface area contributed by atoms with Crippen molar-refractivity contribution in [2.45, 2.75) is 40.2 Å². The normalized spacial score (nSPS) is 11.4. The van der Waals surface area contributed by atoms with Gasteiger partial charge in [-0.2, -0.15) is 0 Å². The third kappa shape index (κ3) is 21.2. The van der Waals surface area contributed by atoms with E-state index in [9.17, 15) is 4.79 Å². The van der Waals surface area contributed by atoms with E-state index in [2.05, 4.69) is 19.2 Å². The van der Waals surface area contributed by atoms with Gasteiger partial charge >= 0.3 is 0 Å². The Balaban J connectivity index is 3.14. The first-order valence-electron chi connectivity index (χ1n) is 9.21. The molecule has 0 fully saturated rings. The second kappa shape index (κ2) is 18.1. The standard InChI is InChI=1S/C18H37NO6/c1-16(2)15-24-7-5-18(20)19-6-8-21-9-10-22-11-12-23-13-14-25-17(3)4/h16-17H,5-15H2,1-4H3,(H,19,20). The quantitative estimate of drug-likeness (QED) is 0.373. The smallest absolute Gasteiger partial charge is 0.222 e. The summed E-state index contributed by atoms with van der Waals surface area (Å²) in [6.07, 6.45) is 0.623. The molecule has 7 heteroatoms. The minimum absolute atomic E-state index is 0.0119. The molecule has 0 aromatic rings. The number of hydrogen-bond donors (Lipinski definition) is 1. The van der Waals surface area contributed by atoms with Crippen LogP contribution in [-0.4, -0.2) is 78.0 Å². The van der Waals surface area contributed by atoms with Crippen LogP contribution >= 0.6 is 0 Å². The summed E-state index contributed by atoms with van der Waals surface area (Å²) in [5.41, 5.74) is 0. The van der Waals surface area contributed by atoms with E-state index < -0.39 is 0 Å². The fourth-order valence-corrected chi connectivity index (χ4v) is 1.72. The van der Waals surface area contributed by atoms with Crippen LogP contribution in [0, 0.1) is 5.92 Å². The molecule has 150 valence electrons. The van der Waals surface area contributed by atoms with Crippen molar-refractivity contribution in [3.63, 3.8) is 0 Å². The Bertz CT molecular complexity index is 299. The molecule has 0 aliphatic heterocycles. The van der Waals surface area contributed by atoms with Crippen LogP contribution in [0.15, 0.2) is 0 Å². The Hall–Kier alpha value is -0.730. The Kier molecular flexibility index (Phi) is 17.5. The third-order valence-corrected chi connectivity index (χ3v) is 2.92. The van der Waals surface area contributed by atoms with Crippen molar-refractivity contribution in [1.82, 2.24) is 5.32 Å². The van der Waals surface area contributed by atoms with Crippen molar-refractivity contribution in [1.29, 1.82) is 0 Å². The molecule has 0 aliphatic rings. The SMILES string of the molecule is CC(C)COCCC(=O)NCCOCCOCCOCCOC(C)C. The van der Waals surface area contributed by atoms with Crippen LogP contribution in [0.5, 0.6) is 0 Å². The molecule has 0 rings (SSSR count). The second-order valence-electron chi connectivity index (χ2n) is 6.33. The minimum atomic E-state index is -0.0119. The summed E-state index contributed by atoms with van der Waals surface area (Å²) in [5.74, 6) is 0.478.